The van der Waals surface area contributed by atoms with Gasteiger partial charge in [0.05, 0.1) is 11.9 Å². The maximum Gasteiger partial charge on any atom is 0.125 e. The number of rotatable bonds is 1. The number of nitrogens with one attached hydrogen (secondary N) is 2. The molecule has 0 aliphatic rings. The lowest BCUT2D eigenvalue weighted by atomic mass is 10.3. The molecule has 0 spiro atoms. The van der Waals surface area contributed by atoms with E-state index in [4.69, 9.17) is 5.41 Å². The second kappa shape index (κ2) is 1.73. The van der Waals surface area contributed by atoms with Gasteiger partial charge in [0.2, 0.25) is 0 Å². The maximum absolute atomic E-state index is 7.03. The summed E-state index contributed by atoms with van der Waals surface area (Å²) in [5.41, 5.74) is 1.03. The molecule has 0 aliphatic carbocycles. The second-order valence-corrected chi connectivity index (χ2v) is 1.48. The number of hydrogen-bond acceptors (Lipinski definition) is 3. The molecular formula is C4H6N4. The van der Waals surface area contributed by atoms with Gasteiger partial charge in [0.1, 0.15) is 5.69 Å². The molecule has 1 aromatic heterocycles. The summed E-state index contributed by atoms with van der Waals surface area (Å²) in [6.45, 7) is 1.66. The van der Waals surface area contributed by atoms with Gasteiger partial charge >= 0.3 is 0 Å². The van der Waals surface area contributed by atoms with Gasteiger partial charge in [-0.25, -0.2) is 0 Å². The Bertz CT molecular complexity index is 176. The molecule has 0 saturated heterocycles. The standard InChI is InChI=1S/C4H6N4/c1-3(5)4-2-6-8-7-4/h2,5H,1H3,(H,6,7,8). The van der Waals surface area contributed by atoms with Crippen molar-refractivity contribution in [1.82, 2.24) is 15.4 Å². The Morgan fingerprint density at radius 3 is 2.88 bits per heavy atom. The zero-order valence-electron chi connectivity index (χ0n) is 4.47. The highest BCUT2D eigenvalue weighted by Crippen LogP contribution is 1.86. The van der Waals surface area contributed by atoms with Crippen LogP contribution < -0.4 is 0 Å². The van der Waals surface area contributed by atoms with Gasteiger partial charge < -0.3 is 5.41 Å². The third-order valence-corrected chi connectivity index (χ3v) is 0.799. The van der Waals surface area contributed by atoms with Crippen molar-refractivity contribution in [3.63, 3.8) is 0 Å². The van der Waals surface area contributed by atoms with Crippen LogP contribution in [0.15, 0.2) is 6.20 Å². The van der Waals surface area contributed by atoms with Crippen LogP contribution in [0.3, 0.4) is 0 Å². The average molecular weight is 110 g/mol. The van der Waals surface area contributed by atoms with Crippen molar-refractivity contribution in [2.24, 2.45) is 0 Å². The van der Waals surface area contributed by atoms with E-state index < -0.39 is 0 Å². The largest absolute Gasteiger partial charge is 0.303 e. The summed E-state index contributed by atoms with van der Waals surface area (Å²) in [7, 11) is 0. The molecule has 42 valence electrons. The monoisotopic (exact) mass is 110 g/mol. The Morgan fingerprint density at radius 1 is 1.88 bits per heavy atom. The minimum Gasteiger partial charge on any atom is -0.303 e. The van der Waals surface area contributed by atoms with Crippen LogP contribution in [-0.2, 0) is 0 Å². The van der Waals surface area contributed by atoms with Gasteiger partial charge in [0.15, 0.2) is 0 Å². The Balaban J connectivity index is 2.93. The highest BCUT2D eigenvalue weighted by Gasteiger charge is 1.93. The van der Waals surface area contributed by atoms with Gasteiger partial charge in [0.25, 0.3) is 0 Å². The number of nitrogens with zero attached hydrogens (tertiary/aromatic N) is 2. The Morgan fingerprint density at radius 2 is 2.62 bits per heavy atom. The summed E-state index contributed by atoms with van der Waals surface area (Å²) in [5.74, 6) is 0. The van der Waals surface area contributed by atoms with Crippen molar-refractivity contribution in [2.45, 2.75) is 6.92 Å². The molecule has 4 nitrogen and oxygen atoms in total. The maximum atomic E-state index is 7.03. The minimum absolute atomic E-state index is 0.429. The smallest absolute Gasteiger partial charge is 0.125 e. The molecule has 1 rings (SSSR count). The van der Waals surface area contributed by atoms with Crippen LogP contribution >= 0.6 is 0 Å². The summed E-state index contributed by atoms with van der Waals surface area (Å²) in [5, 5.41) is 16.6. The van der Waals surface area contributed by atoms with E-state index in [-0.39, 0.29) is 0 Å². The molecule has 0 saturated carbocycles. The van der Waals surface area contributed by atoms with E-state index in [0.29, 0.717) is 11.4 Å². The summed E-state index contributed by atoms with van der Waals surface area (Å²) < 4.78 is 0. The Labute approximate surface area is 46.4 Å². The summed E-state index contributed by atoms with van der Waals surface area (Å²) in [6.07, 6.45) is 1.52. The lowest BCUT2D eigenvalue weighted by Crippen LogP contribution is -1.90. The molecule has 1 heterocycles. The fourth-order valence-electron chi connectivity index (χ4n) is 0.382. The fourth-order valence-corrected chi connectivity index (χ4v) is 0.382. The molecule has 0 atom stereocenters. The Hall–Kier alpha value is -1.19. The van der Waals surface area contributed by atoms with Crippen LogP contribution in [0.4, 0.5) is 0 Å². The normalized spacial score (nSPS) is 9.12. The van der Waals surface area contributed by atoms with Crippen molar-refractivity contribution in [1.29, 1.82) is 5.41 Å². The van der Waals surface area contributed by atoms with Gasteiger partial charge in [-0.05, 0) is 6.92 Å². The molecule has 0 radical (unpaired) electrons. The first-order chi connectivity index (χ1) is 3.80. The van der Waals surface area contributed by atoms with Crippen LogP contribution in [0.25, 0.3) is 0 Å². The van der Waals surface area contributed by atoms with Crippen LogP contribution in [0.2, 0.25) is 0 Å². The molecule has 1 aromatic rings. The first-order valence-electron chi connectivity index (χ1n) is 2.22. The van der Waals surface area contributed by atoms with E-state index in [1.807, 2.05) is 0 Å². The predicted molar refractivity (Wildman–Crippen MR) is 28.9 cm³/mol. The number of H-pyrrole nitrogens is 1. The Kier molecular flexibility index (Phi) is 1.07. The van der Waals surface area contributed by atoms with Crippen molar-refractivity contribution in [3.8, 4) is 0 Å². The van der Waals surface area contributed by atoms with Gasteiger partial charge in [-0.1, -0.05) is 0 Å². The molecular weight excluding hydrogens is 104 g/mol. The van der Waals surface area contributed by atoms with Crippen molar-refractivity contribution < 1.29 is 0 Å². The molecule has 0 aromatic carbocycles. The van der Waals surface area contributed by atoms with E-state index in [2.05, 4.69) is 15.4 Å². The topological polar surface area (TPSA) is 65.4 Å². The summed E-state index contributed by atoms with van der Waals surface area (Å²) in [6, 6.07) is 0. The zero-order valence-corrected chi connectivity index (χ0v) is 4.47. The molecule has 0 amide bonds. The lowest BCUT2D eigenvalue weighted by molar-refractivity contribution is 0.936. The lowest BCUT2D eigenvalue weighted by Gasteiger charge is -1.81. The highest BCUT2D eigenvalue weighted by molar-refractivity contribution is 5.93. The van der Waals surface area contributed by atoms with E-state index in [1.54, 1.807) is 6.92 Å². The summed E-state index contributed by atoms with van der Waals surface area (Å²) in [4.78, 5) is 0. The molecule has 4 heteroatoms. The van der Waals surface area contributed by atoms with E-state index in [0.717, 1.165) is 0 Å². The third kappa shape index (κ3) is 0.726. The molecule has 2 N–H and O–H groups in total. The molecule has 8 heavy (non-hydrogen) atoms. The first kappa shape index (κ1) is 4.96. The third-order valence-electron chi connectivity index (χ3n) is 0.799. The number of aromatic nitrogens is 3. The molecule has 0 fully saturated rings. The fraction of sp³-hybridized carbons (Fsp3) is 0.250. The number of aromatic amines is 1. The average Bonchev–Trinajstić information content (AvgIpc) is 2.12. The van der Waals surface area contributed by atoms with Gasteiger partial charge in [0, 0.05) is 0 Å². The van der Waals surface area contributed by atoms with Crippen LogP contribution in [-0.4, -0.2) is 21.1 Å². The number of hydrogen-bond donors (Lipinski definition) is 2. The SMILES string of the molecule is CC(=N)c1cn[nH]n1. The summed E-state index contributed by atoms with van der Waals surface area (Å²) >= 11 is 0. The first-order valence-corrected chi connectivity index (χ1v) is 2.22. The van der Waals surface area contributed by atoms with E-state index in [9.17, 15) is 0 Å². The predicted octanol–water partition coefficient (Wildman–Crippen LogP) is 0.192. The van der Waals surface area contributed by atoms with E-state index >= 15 is 0 Å². The molecule has 0 unspecified atom stereocenters. The van der Waals surface area contributed by atoms with Crippen LogP contribution in [0.1, 0.15) is 12.6 Å². The quantitative estimate of drug-likeness (QED) is 0.507. The van der Waals surface area contributed by atoms with Crippen LogP contribution in [0, 0.1) is 5.41 Å². The molecule has 0 bridgehead atoms. The van der Waals surface area contributed by atoms with Crippen LogP contribution in [0.5, 0.6) is 0 Å². The molecule has 0 aliphatic heterocycles. The van der Waals surface area contributed by atoms with Crippen molar-refractivity contribution in [2.75, 3.05) is 0 Å². The van der Waals surface area contributed by atoms with Gasteiger partial charge in [-0.15, -0.1) is 0 Å². The van der Waals surface area contributed by atoms with Crippen molar-refractivity contribution in [3.05, 3.63) is 11.9 Å². The van der Waals surface area contributed by atoms with E-state index in [1.165, 1.54) is 6.20 Å². The minimum atomic E-state index is 0.429. The highest BCUT2D eigenvalue weighted by atomic mass is 15.3. The van der Waals surface area contributed by atoms with Gasteiger partial charge in [-0.2, -0.15) is 15.4 Å². The van der Waals surface area contributed by atoms with Crippen molar-refractivity contribution >= 4 is 5.71 Å². The van der Waals surface area contributed by atoms with Gasteiger partial charge in [-0.3, -0.25) is 0 Å². The zero-order chi connectivity index (χ0) is 5.98. The second-order valence-electron chi connectivity index (χ2n) is 1.48.